The fraction of sp³-hybridized carbons (Fsp3) is 0.100. The summed E-state index contributed by atoms with van der Waals surface area (Å²) >= 11 is 0. The summed E-state index contributed by atoms with van der Waals surface area (Å²) in [5.74, 6) is 1.54. The summed E-state index contributed by atoms with van der Waals surface area (Å²) in [5, 5.41) is 11.3. The van der Waals surface area contributed by atoms with Crippen molar-refractivity contribution in [1.82, 2.24) is 15.2 Å². The molecule has 8 nitrogen and oxygen atoms in total. The number of rotatable bonds is 2. The van der Waals surface area contributed by atoms with Gasteiger partial charge in [0.25, 0.3) is 0 Å². The second-order valence-corrected chi connectivity index (χ2v) is 3.48. The number of fused-ring (bicyclic) bond motifs is 1. The van der Waals surface area contributed by atoms with Crippen LogP contribution in [0.5, 0.6) is 11.5 Å². The Bertz CT molecular complexity index is 569. The lowest BCUT2D eigenvalue weighted by atomic mass is 10.3. The maximum Gasteiger partial charge on any atom is 0.326 e. The number of nitrogens with zero attached hydrogens (tertiary/aromatic N) is 2. The van der Waals surface area contributed by atoms with Crippen molar-refractivity contribution in [3.05, 3.63) is 24.5 Å². The van der Waals surface area contributed by atoms with Gasteiger partial charge < -0.3 is 14.8 Å². The van der Waals surface area contributed by atoms with Crippen molar-refractivity contribution in [2.24, 2.45) is 0 Å². The van der Waals surface area contributed by atoms with Crippen molar-refractivity contribution < 1.29 is 14.3 Å². The fourth-order valence-electron chi connectivity index (χ4n) is 1.51. The zero-order chi connectivity index (χ0) is 12.4. The van der Waals surface area contributed by atoms with Gasteiger partial charge >= 0.3 is 6.03 Å². The second kappa shape index (κ2) is 4.24. The largest absolute Gasteiger partial charge is 0.454 e. The molecule has 2 heterocycles. The van der Waals surface area contributed by atoms with Gasteiger partial charge in [0, 0.05) is 11.8 Å². The van der Waals surface area contributed by atoms with E-state index in [1.807, 2.05) is 0 Å². The van der Waals surface area contributed by atoms with E-state index < -0.39 is 6.03 Å². The summed E-state index contributed by atoms with van der Waals surface area (Å²) in [7, 11) is 0. The molecule has 8 heteroatoms. The Kier molecular flexibility index (Phi) is 2.45. The maximum absolute atomic E-state index is 11.6. The number of aromatic amines is 1. The molecule has 0 aliphatic carbocycles. The van der Waals surface area contributed by atoms with Gasteiger partial charge in [-0.25, -0.2) is 9.89 Å². The van der Waals surface area contributed by atoms with Crippen molar-refractivity contribution in [3.63, 3.8) is 0 Å². The third-order valence-electron chi connectivity index (χ3n) is 2.28. The average molecular weight is 247 g/mol. The van der Waals surface area contributed by atoms with Gasteiger partial charge in [-0.2, -0.15) is 10.1 Å². The van der Waals surface area contributed by atoms with Crippen LogP contribution in [0.1, 0.15) is 0 Å². The molecule has 0 bridgehead atoms. The Morgan fingerprint density at radius 1 is 1.28 bits per heavy atom. The van der Waals surface area contributed by atoms with Crippen LogP contribution in [0.3, 0.4) is 0 Å². The van der Waals surface area contributed by atoms with Gasteiger partial charge in [-0.1, -0.05) is 0 Å². The lowest BCUT2D eigenvalue weighted by Gasteiger charge is -2.05. The molecule has 1 aromatic heterocycles. The molecule has 2 amide bonds. The smallest absolute Gasteiger partial charge is 0.326 e. The van der Waals surface area contributed by atoms with Crippen LogP contribution in [0.2, 0.25) is 0 Å². The Morgan fingerprint density at radius 2 is 2.17 bits per heavy atom. The molecule has 3 N–H and O–H groups in total. The highest BCUT2D eigenvalue weighted by molar-refractivity contribution is 5.98. The third kappa shape index (κ3) is 2.03. The molecule has 0 fully saturated rings. The molecule has 0 spiro atoms. The number of nitrogens with one attached hydrogen (secondary N) is 3. The van der Waals surface area contributed by atoms with E-state index in [1.165, 1.54) is 6.33 Å². The van der Waals surface area contributed by atoms with Crippen LogP contribution in [-0.2, 0) is 0 Å². The topological polar surface area (TPSA) is 101 Å². The fourth-order valence-corrected chi connectivity index (χ4v) is 1.51. The van der Waals surface area contributed by atoms with E-state index in [1.54, 1.807) is 18.2 Å². The molecule has 0 saturated heterocycles. The highest BCUT2D eigenvalue weighted by Crippen LogP contribution is 2.34. The predicted octanol–water partition coefficient (Wildman–Crippen LogP) is 1.18. The Labute approximate surface area is 101 Å². The summed E-state index contributed by atoms with van der Waals surface area (Å²) in [6.45, 7) is 0.197. The molecule has 1 aliphatic heterocycles. The van der Waals surface area contributed by atoms with E-state index >= 15 is 0 Å². The number of aromatic nitrogens is 3. The molecule has 2 aromatic rings. The number of hydrogen-bond donors (Lipinski definition) is 3. The van der Waals surface area contributed by atoms with Gasteiger partial charge in [-0.3, -0.25) is 5.32 Å². The molecule has 18 heavy (non-hydrogen) atoms. The number of carbonyl (C=O) groups is 1. The van der Waals surface area contributed by atoms with Crippen molar-refractivity contribution in [3.8, 4) is 11.5 Å². The van der Waals surface area contributed by atoms with Gasteiger partial charge in [0.15, 0.2) is 11.5 Å². The number of benzene rings is 1. The van der Waals surface area contributed by atoms with Gasteiger partial charge in [0.05, 0.1) is 0 Å². The summed E-state index contributed by atoms with van der Waals surface area (Å²) in [5.41, 5.74) is 0.594. The molecule has 3 rings (SSSR count). The molecule has 0 saturated carbocycles. The van der Waals surface area contributed by atoms with Crippen molar-refractivity contribution in [2.75, 3.05) is 17.4 Å². The van der Waals surface area contributed by atoms with Crippen LogP contribution in [0.4, 0.5) is 16.4 Å². The Hall–Kier alpha value is -2.77. The minimum Gasteiger partial charge on any atom is -0.454 e. The molecular formula is C10H9N5O3. The number of urea groups is 1. The number of ether oxygens (including phenoxy) is 2. The number of H-pyrrole nitrogens is 1. The monoisotopic (exact) mass is 247 g/mol. The normalized spacial score (nSPS) is 12.2. The summed E-state index contributed by atoms with van der Waals surface area (Å²) in [6.07, 6.45) is 1.30. The average Bonchev–Trinajstić information content (AvgIpc) is 2.98. The molecule has 92 valence electrons. The molecule has 1 aromatic carbocycles. The summed E-state index contributed by atoms with van der Waals surface area (Å²) in [4.78, 5) is 15.4. The predicted molar refractivity (Wildman–Crippen MR) is 61.6 cm³/mol. The first-order valence-electron chi connectivity index (χ1n) is 5.14. The van der Waals surface area contributed by atoms with Gasteiger partial charge in [0.1, 0.15) is 6.33 Å². The molecule has 0 radical (unpaired) electrons. The highest BCUT2D eigenvalue weighted by Gasteiger charge is 2.14. The lowest BCUT2D eigenvalue weighted by molar-refractivity contribution is 0.174. The number of amides is 2. The minimum absolute atomic E-state index is 0.197. The summed E-state index contributed by atoms with van der Waals surface area (Å²) in [6, 6.07) is 4.70. The van der Waals surface area contributed by atoms with Gasteiger partial charge in [-0.05, 0) is 12.1 Å². The number of carbonyl (C=O) groups excluding carboxylic acids is 1. The zero-order valence-corrected chi connectivity index (χ0v) is 9.14. The SMILES string of the molecule is O=C(Nc1ccc2c(c1)OCO2)Nc1ncn[nH]1. The molecule has 1 aliphatic rings. The highest BCUT2D eigenvalue weighted by atomic mass is 16.7. The third-order valence-corrected chi connectivity index (χ3v) is 2.28. The molecular weight excluding hydrogens is 238 g/mol. The van der Waals surface area contributed by atoms with Crippen LogP contribution in [0.25, 0.3) is 0 Å². The van der Waals surface area contributed by atoms with Crippen molar-refractivity contribution >= 4 is 17.7 Å². The standard InChI is InChI=1S/C10H9N5O3/c16-10(14-9-11-4-12-15-9)13-6-1-2-7-8(3-6)18-5-17-7/h1-4H,5H2,(H3,11,12,13,14,15,16). The van der Waals surface area contributed by atoms with Crippen molar-refractivity contribution in [2.45, 2.75) is 0 Å². The lowest BCUT2D eigenvalue weighted by Crippen LogP contribution is -2.20. The van der Waals surface area contributed by atoms with Crippen LogP contribution in [0, 0.1) is 0 Å². The zero-order valence-electron chi connectivity index (χ0n) is 9.14. The van der Waals surface area contributed by atoms with Crippen LogP contribution in [-0.4, -0.2) is 28.0 Å². The van der Waals surface area contributed by atoms with E-state index in [0.29, 0.717) is 17.2 Å². The first-order valence-corrected chi connectivity index (χ1v) is 5.14. The van der Waals surface area contributed by atoms with E-state index in [4.69, 9.17) is 9.47 Å². The minimum atomic E-state index is -0.425. The van der Waals surface area contributed by atoms with E-state index in [-0.39, 0.29) is 12.7 Å². The van der Waals surface area contributed by atoms with Gasteiger partial charge in [-0.15, -0.1) is 0 Å². The molecule has 0 atom stereocenters. The van der Waals surface area contributed by atoms with E-state index in [9.17, 15) is 4.79 Å². The van der Waals surface area contributed by atoms with Crippen LogP contribution in [0.15, 0.2) is 24.5 Å². The first kappa shape index (κ1) is 10.4. The van der Waals surface area contributed by atoms with E-state index in [0.717, 1.165) is 0 Å². The van der Waals surface area contributed by atoms with Crippen molar-refractivity contribution in [1.29, 1.82) is 0 Å². The maximum atomic E-state index is 11.6. The quantitative estimate of drug-likeness (QED) is 0.739. The summed E-state index contributed by atoms with van der Waals surface area (Å²) < 4.78 is 10.4. The number of hydrogen-bond acceptors (Lipinski definition) is 5. The van der Waals surface area contributed by atoms with Crippen LogP contribution >= 0.6 is 0 Å². The molecule has 0 unspecified atom stereocenters. The Balaban J connectivity index is 1.67. The second-order valence-electron chi connectivity index (χ2n) is 3.48. The van der Waals surface area contributed by atoms with Gasteiger partial charge in [0.2, 0.25) is 12.7 Å². The first-order chi connectivity index (χ1) is 8.81. The van der Waals surface area contributed by atoms with E-state index in [2.05, 4.69) is 25.8 Å². The van der Waals surface area contributed by atoms with Crippen LogP contribution < -0.4 is 20.1 Å². The Morgan fingerprint density at radius 3 is 3.00 bits per heavy atom. The number of anilines is 2.